The third-order valence-corrected chi connectivity index (χ3v) is 3.30. The first-order chi connectivity index (χ1) is 8.26. The van der Waals surface area contributed by atoms with Gasteiger partial charge in [0.25, 0.3) is 0 Å². The average Bonchev–Trinajstić information content (AvgIpc) is 2.38. The lowest BCUT2D eigenvalue weighted by Crippen LogP contribution is -2.15. The Kier molecular flexibility index (Phi) is 7.06. The molecule has 0 aliphatic heterocycles. The number of rotatable bonds is 8. The second-order valence-electron chi connectivity index (χ2n) is 4.43. The summed E-state index contributed by atoms with van der Waals surface area (Å²) in [5.74, 6) is 2.30. The first kappa shape index (κ1) is 14.3. The molecule has 17 heavy (non-hydrogen) atoms. The van der Waals surface area contributed by atoms with Gasteiger partial charge in [-0.05, 0) is 43.0 Å². The van der Waals surface area contributed by atoms with Gasteiger partial charge in [0.05, 0.1) is 7.11 Å². The predicted octanol–water partition coefficient (Wildman–Crippen LogP) is 3.44. The fourth-order valence-corrected chi connectivity index (χ4v) is 1.82. The van der Waals surface area contributed by atoms with E-state index in [0.29, 0.717) is 5.92 Å². The van der Waals surface area contributed by atoms with Crippen molar-refractivity contribution in [3.63, 3.8) is 0 Å². The van der Waals surface area contributed by atoms with Gasteiger partial charge in [-0.25, -0.2) is 0 Å². The molecule has 0 aliphatic carbocycles. The van der Waals surface area contributed by atoms with Crippen molar-refractivity contribution in [2.75, 3.05) is 19.5 Å². The molecule has 2 nitrogen and oxygen atoms in total. The van der Waals surface area contributed by atoms with E-state index in [9.17, 15) is 0 Å². The molecule has 1 N–H and O–H groups in total. The van der Waals surface area contributed by atoms with Crippen molar-refractivity contribution in [1.29, 1.82) is 0 Å². The molecule has 0 radical (unpaired) electrons. The topological polar surface area (TPSA) is 21.3 Å². The van der Waals surface area contributed by atoms with Crippen LogP contribution in [0.2, 0.25) is 0 Å². The number of benzene rings is 1. The number of hydrogen-bond donors (Lipinski definition) is 1. The second kappa shape index (κ2) is 8.37. The molecular weight excluding hydrogens is 234 g/mol. The Hall–Kier alpha value is -0.730. The fourth-order valence-electron chi connectivity index (χ4n) is 1.67. The molecule has 3 heteroatoms. The molecule has 96 valence electrons. The van der Waals surface area contributed by atoms with Gasteiger partial charge in [0.1, 0.15) is 5.75 Å². The SMILES string of the molecule is COc1cccc(CNCCCC(C)CCl)c1. The van der Waals surface area contributed by atoms with Gasteiger partial charge < -0.3 is 10.1 Å². The smallest absolute Gasteiger partial charge is 0.119 e. The zero-order valence-electron chi connectivity index (χ0n) is 10.7. The van der Waals surface area contributed by atoms with Gasteiger partial charge in [0.15, 0.2) is 0 Å². The van der Waals surface area contributed by atoms with Gasteiger partial charge in [-0.15, -0.1) is 11.6 Å². The van der Waals surface area contributed by atoms with E-state index in [1.54, 1.807) is 7.11 Å². The second-order valence-corrected chi connectivity index (χ2v) is 4.74. The van der Waals surface area contributed by atoms with Crippen molar-refractivity contribution in [2.45, 2.75) is 26.3 Å². The fraction of sp³-hybridized carbons (Fsp3) is 0.571. The van der Waals surface area contributed by atoms with E-state index < -0.39 is 0 Å². The molecular formula is C14H22ClNO. The van der Waals surface area contributed by atoms with E-state index in [0.717, 1.165) is 24.7 Å². The van der Waals surface area contributed by atoms with Crippen LogP contribution < -0.4 is 10.1 Å². The molecule has 1 rings (SSSR count). The Morgan fingerprint density at radius 3 is 2.94 bits per heavy atom. The molecule has 0 heterocycles. The number of halogens is 1. The van der Waals surface area contributed by atoms with Crippen LogP contribution in [0.25, 0.3) is 0 Å². The van der Waals surface area contributed by atoms with Crippen LogP contribution in [0.5, 0.6) is 5.75 Å². The molecule has 1 aromatic rings. The first-order valence-electron chi connectivity index (χ1n) is 6.16. The molecule has 1 aromatic carbocycles. The highest BCUT2D eigenvalue weighted by Gasteiger charge is 1.99. The minimum atomic E-state index is 0.621. The van der Waals surface area contributed by atoms with Crippen molar-refractivity contribution >= 4 is 11.6 Å². The summed E-state index contributed by atoms with van der Waals surface area (Å²) in [7, 11) is 1.69. The maximum atomic E-state index is 5.76. The third-order valence-electron chi connectivity index (χ3n) is 2.78. The van der Waals surface area contributed by atoms with Gasteiger partial charge in [-0.3, -0.25) is 0 Å². The Morgan fingerprint density at radius 1 is 1.41 bits per heavy atom. The summed E-state index contributed by atoms with van der Waals surface area (Å²) in [4.78, 5) is 0. The van der Waals surface area contributed by atoms with Crippen molar-refractivity contribution < 1.29 is 4.74 Å². The Labute approximate surface area is 109 Å². The van der Waals surface area contributed by atoms with Gasteiger partial charge in [0.2, 0.25) is 0 Å². The average molecular weight is 256 g/mol. The number of ether oxygens (including phenoxy) is 1. The molecule has 0 bridgehead atoms. The van der Waals surface area contributed by atoms with Crippen molar-refractivity contribution in [2.24, 2.45) is 5.92 Å². The van der Waals surface area contributed by atoms with Crippen LogP contribution in [-0.2, 0) is 6.54 Å². The van der Waals surface area contributed by atoms with Crippen LogP contribution >= 0.6 is 11.6 Å². The van der Waals surface area contributed by atoms with Gasteiger partial charge in [-0.2, -0.15) is 0 Å². The van der Waals surface area contributed by atoms with E-state index in [1.165, 1.54) is 18.4 Å². The van der Waals surface area contributed by atoms with E-state index in [4.69, 9.17) is 16.3 Å². The van der Waals surface area contributed by atoms with Crippen LogP contribution in [0.1, 0.15) is 25.3 Å². The minimum absolute atomic E-state index is 0.621. The normalized spacial score (nSPS) is 12.4. The monoisotopic (exact) mass is 255 g/mol. The summed E-state index contributed by atoms with van der Waals surface area (Å²) in [5, 5.41) is 3.43. The summed E-state index contributed by atoms with van der Waals surface area (Å²) < 4.78 is 5.19. The minimum Gasteiger partial charge on any atom is -0.497 e. The lowest BCUT2D eigenvalue weighted by atomic mass is 10.1. The summed E-state index contributed by atoms with van der Waals surface area (Å²) in [6, 6.07) is 8.16. The maximum absolute atomic E-state index is 5.76. The molecule has 0 saturated heterocycles. The summed E-state index contributed by atoms with van der Waals surface area (Å²) in [6.07, 6.45) is 2.37. The molecule has 1 unspecified atom stereocenters. The molecule has 0 saturated carbocycles. The summed E-state index contributed by atoms with van der Waals surface area (Å²) in [5.41, 5.74) is 1.26. The molecule has 0 aromatic heterocycles. The largest absolute Gasteiger partial charge is 0.497 e. The zero-order chi connectivity index (χ0) is 12.5. The van der Waals surface area contributed by atoms with Gasteiger partial charge >= 0.3 is 0 Å². The predicted molar refractivity (Wildman–Crippen MR) is 73.8 cm³/mol. The summed E-state index contributed by atoms with van der Waals surface area (Å²) in [6.45, 7) is 4.12. The Morgan fingerprint density at radius 2 is 2.24 bits per heavy atom. The van der Waals surface area contributed by atoms with E-state index in [2.05, 4.69) is 24.4 Å². The van der Waals surface area contributed by atoms with Crippen LogP contribution in [0.4, 0.5) is 0 Å². The highest BCUT2D eigenvalue weighted by atomic mass is 35.5. The van der Waals surface area contributed by atoms with E-state index in [1.807, 2.05) is 12.1 Å². The number of hydrogen-bond acceptors (Lipinski definition) is 2. The van der Waals surface area contributed by atoms with Crippen molar-refractivity contribution in [3.05, 3.63) is 29.8 Å². The van der Waals surface area contributed by atoms with Crippen LogP contribution in [0, 0.1) is 5.92 Å². The van der Waals surface area contributed by atoms with Crippen LogP contribution in [0.15, 0.2) is 24.3 Å². The molecule has 0 fully saturated rings. The third kappa shape index (κ3) is 5.94. The standard InChI is InChI=1S/C14H22ClNO/c1-12(10-15)5-4-8-16-11-13-6-3-7-14(9-13)17-2/h3,6-7,9,12,16H,4-5,8,10-11H2,1-2H3. The molecule has 1 atom stereocenters. The highest BCUT2D eigenvalue weighted by Crippen LogP contribution is 2.12. The highest BCUT2D eigenvalue weighted by molar-refractivity contribution is 6.18. The maximum Gasteiger partial charge on any atom is 0.119 e. The summed E-state index contributed by atoms with van der Waals surface area (Å²) >= 11 is 5.76. The number of nitrogens with one attached hydrogen (secondary N) is 1. The Bertz CT molecular complexity index is 317. The van der Waals surface area contributed by atoms with E-state index in [-0.39, 0.29) is 0 Å². The van der Waals surface area contributed by atoms with Crippen molar-refractivity contribution in [3.8, 4) is 5.75 Å². The van der Waals surface area contributed by atoms with Gasteiger partial charge in [-0.1, -0.05) is 19.1 Å². The zero-order valence-corrected chi connectivity index (χ0v) is 11.5. The quantitative estimate of drug-likeness (QED) is 0.568. The molecule has 0 amide bonds. The van der Waals surface area contributed by atoms with Crippen LogP contribution in [0.3, 0.4) is 0 Å². The Balaban J connectivity index is 2.17. The lowest BCUT2D eigenvalue weighted by Gasteiger charge is -2.08. The van der Waals surface area contributed by atoms with Crippen LogP contribution in [-0.4, -0.2) is 19.5 Å². The number of alkyl halides is 1. The van der Waals surface area contributed by atoms with E-state index >= 15 is 0 Å². The lowest BCUT2D eigenvalue weighted by molar-refractivity contribution is 0.414. The van der Waals surface area contributed by atoms with Crippen molar-refractivity contribution in [1.82, 2.24) is 5.32 Å². The first-order valence-corrected chi connectivity index (χ1v) is 6.69. The number of methoxy groups -OCH3 is 1. The molecule has 0 aliphatic rings. The van der Waals surface area contributed by atoms with Gasteiger partial charge in [0, 0.05) is 12.4 Å². The molecule has 0 spiro atoms.